The lowest BCUT2D eigenvalue weighted by atomic mass is 9.88. The van der Waals surface area contributed by atoms with Gasteiger partial charge in [-0.15, -0.1) is 0 Å². The van der Waals surface area contributed by atoms with Gasteiger partial charge in [-0.05, 0) is 11.8 Å². The monoisotopic (exact) mass is 304 g/mol. The van der Waals surface area contributed by atoms with Crippen molar-refractivity contribution in [1.82, 2.24) is 9.88 Å². The van der Waals surface area contributed by atoms with E-state index in [2.05, 4.69) is 4.98 Å². The molecule has 1 fully saturated rings. The number of aliphatic hydroxyl groups is 1. The summed E-state index contributed by atoms with van der Waals surface area (Å²) in [4.78, 5) is 18.3. The van der Waals surface area contributed by atoms with Crippen LogP contribution in [-0.2, 0) is 0 Å². The molecule has 1 saturated heterocycles. The summed E-state index contributed by atoms with van der Waals surface area (Å²) < 4.78 is 0. The average Bonchev–Trinajstić information content (AvgIpc) is 2.45. The van der Waals surface area contributed by atoms with E-state index in [0.29, 0.717) is 23.8 Å². The van der Waals surface area contributed by atoms with Crippen molar-refractivity contribution in [2.45, 2.75) is 25.4 Å². The maximum absolute atomic E-state index is 12.6. The van der Waals surface area contributed by atoms with Crippen LogP contribution in [0, 0.1) is 0 Å². The maximum Gasteiger partial charge on any atom is 0.256 e. The predicted octanol–water partition coefficient (Wildman–Crippen LogP) is 2.88. The van der Waals surface area contributed by atoms with Gasteiger partial charge in [0.2, 0.25) is 0 Å². The first-order valence-corrected chi connectivity index (χ1v) is 7.47. The summed E-state index contributed by atoms with van der Waals surface area (Å²) in [5.41, 5.74) is -0.186. The Morgan fingerprint density at radius 2 is 2.05 bits per heavy atom. The second-order valence-electron chi connectivity index (χ2n) is 5.64. The fourth-order valence-electron chi connectivity index (χ4n) is 2.93. The molecule has 2 heterocycles. The van der Waals surface area contributed by atoms with Crippen molar-refractivity contribution in [2.24, 2.45) is 0 Å². The minimum absolute atomic E-state index is 0.101. The SMILES string of the molecule is CCCC1(O)CN(C(=O)c2cnc(Cl)c3ccccc23)C1. The Morgan fingerprint density at radius 3 is 2.71 bits per heavy atom. The quantitative estimate of drug-likeness (QED) is 0.887. The van der Waals surface area contributed by atoms with Gasteiger partial charge in [-0.25, -0.2) is 4.98 Å². The van der Waals surface area contributed by atoms with E-state index in [1.807, 2.05) is 31.2 Å². The number of hydrogen-bond donors (Lipinski definition) is 1. The van der Waals surface area contributed by atoms with Crippen LogP contribution in [-0.4, -0.2) is 39.6 Å². The van der Waals surface area contributed by atoms with Crippen molar-refractivity contribution in [3.05, 3.63) is 41.2 Å². The van der Waals surface area contributed by atoms with Gasteiger partial charge in [-0.2, -0.15) is 0 Å². The first-order valence-electron chi connectivity index (χ1n) is 7.09. The van der Waals surface area contributed by atoms with Crippen molar-refractivity contribution in [1.29, 1.82) is 0 Å². The number of nitrogens with zero attached hydrogens (tertiary/aromatic N) is 2. The second-order valence-corrected chi connectivity index (χ2v) is 6.00. The van der Waals surface area contributed by atoms with Gasteiger partial charge in [-0.3, -0.25) is 4.79 Å². The summed E-state index contributed by atoms with van der Waals surface area (Å²) in [7, 11) is 0. The Balaban J connectivity index is 1.89. The largest absolute Gasteiger partial charge is 0.386 e. The zero-order valence-corrected chi connectivity index (χ0v) is 12.6. The predicted molar refractivity (Wildman–Crippen MR) is 82.5 cm³/mol. The van der Waals surface area contributed by atoms with E-state index in [-0.39, 0.29) is 5.91 Å². The number of hydrogen-bond acceptors (Lipinski definition) is 3. The fourth-order valence-corrected chi connectivity index (χ4v) is 3.14. The van der Waals surface area contributed by atoms with Crippen molar-refractivity contribution in [2.75, 3.05) is 13.1 Å². The van der Waals surface area contributed by atoms with Crippen LogP contribution in [0.4, 0.5) is 0 Å². The number of carbonyl (C=O) groups excluding carboxylic acids is 1. The highest BCUT2D eigenvalue weighted by atomic mass is 35.5. The van der Waals surface area contributed by atoms with E-state index in [4.69, 9.17) is 11.6 Å². The van der Waals surface area contributed by atoms with E-state index in [0.717, 1.165) is 23.6 Å². The van der Waals surface area contributed by atoms with Gasteiger partial charge in [0.1, 0.15) is 5.15 Å². The smallest absolute Gasteiger partial charge is 0.256 e. The summed E-state index contributed by atoms with van der Waals surface area (Å²) >= 11 is 6.07. The zero-order valence-electron chi connectivity index (χ0n) is 11.8. The highest BCUT2D eigenvalue weighted by Crippen LogP contribution is 2.30. The fraction of sp³-hybridized carbons (Fsp3) is 0.375. The normalized spacial score (nSPS) is 16.8. The molecule has 0 saturated carbocycles. The molecule has 0 bridgehead atoms. The standard InChI is InChI=1S/C16H17ClN2O2/c1-2-7-16(21)9-19(10-16)15(20)13-8-18-14(17)12-6-4-3-5-11(12)13/h3-6,8,21H,2,7,9-10H2,1H3. The van der Waals surface area contributed by atoms with Crippen LogP contribution in [0.5, 0.6) is 0 Å². The van der Waals surface area contributed by atoms with Crippen LogP contribution in [0.2, 0.25) is 5.15 Å². The minimum Gasteiger partial charge on any atom is -0.386 e. The molecule has 5 heteroatoms. The lowest BCUT2D eigenvalue weighted by Gasteiger charge is -2.46. The third-order valence-corrected chi connectivity index (χ3v) is 4.25. The van der Waals surface area contributed by atoms with E-state index in [9.17, 15) is 9.90 Å². The molecule has 0 spiro atoms. The Labute approximate surface area is 128 Å². The molecule has 1 aromatic carbocycles. The van der Waals surface area contributed by atoms with Crippen LogP contribution >= 0.6 is 11.6 Å². The molecule has 2 aromatic rings. The zero-order chi connectivity index (χ0) is 15.0. The maximum atomic E-state index is 12.6. The molecule has 0 aliphatic carbocycles. The van der Waals surface area contributed by atoms with Crippen LogP contribution < -0.4 is 0 Å². The first kappa shape index (κ1) is 14.3. The number of amides is 1. The molecule has 110 valence electrons. The Hall–Kier alpha value is -1.65. The molecule has 4 nitrogen and oxygen atoms in total. The molecule has 1 N–H and O–H groups in total. The molecular formula is C16H17ClN2O2. The van der Waals surface area contributed by atoms with E-state index in [1.54, 1.807) is 4.90 Å². The highest BCUT2D eigenvalue weighted by molar-refractivity contribution is 6.34. The molecule has 1 aliphatic heterocycles. The number of pyridine rings is 1. The van der Waals surface area contributed by atoms with Crippen molar-refractivity contribution in [3.63, 3.8) is 0 Å². The summed E-state index contributed by atoms with van der Waals surface area (Å²) in [5.74, 6) is -0.101. The third-order valence-electron chi connectivity index (χ3n) is 3.95. The van der Waals surface area contributed by atoms with Crippen LogP contribution in [0.3, 0.4) is 0 Å². The molecular weight excluding hydrogens is 288 g/mol. The van der Waals surface area contributed by atoms with Gasteiger partial charge in [0.25, 0.3) is 5.91 Å². The minimum atomic E-state index is -0.722. The number of carbonyl (C=O) groups is 1. The highest BCUT2D eigenvalue weighted by Gasteiger charge is 2.43. The summed E-state index contributed by atoms with van der Waals surface area (Å²) in [5, 5.41) is 12.2. The Bertz CT molecular complexity index is 696. The molecule has 0 atom stereocenters. The number of likely N-dealkylation sites (tertiary alicyclic amines) is 1. The van der Waals surface area contributed by atoms with E-state index < -0.39 is 5.60 Å². The topological polar surface area (TPSA) is 53.4 Å². The molecule has 1 amide bonds. The van der Waals surface area contributed by atoms with Gasteiger partial charge in [0, 0.05) is 11.6 Å². The second kappa shape index (κ2) is 5.28. The molecule has 21 heavy (non-hydrogen) atoms. The lowest BCUT2D eigenvalue weighted by Crippen LogP contribution is -2.63. The number of fused-ring (bicyclic) bond motifs is 1. The molecule has 0 unspecified atom stereocenters. The lowest BCUT2D eigenvalue weighted by molar-refractivity contribution is -0.0859. The van der Waals surface area contributed by atoms with Gasteiger partial charge in [0.15, 0.2) is 0 Å². The van der Waals surface area contributed by atoms with E-state index in [1.165, 1.54) is 6.20 Å². The summed E-state index contributed by atoms with van der Waals surface area (Å²) in [6.07, 6.45) is 3.14. The summed E-state index contributed by atoms with van der Waals surface area (Å²) in [6.45, 7) is 2.80. The van der Waals surface area contributed by atoms with Crippen LogP contribution in [0.15, 0.2) is 30.5 Å². The van der Waals surface area contributed by atoms with E-state index >= 15 is 0 Å². The van der Waals surface area contributed by atoms with Gasteiger partial charge in [0.05, 0.1) is 24.3 Å². The number of benzene rings is 1. The molecule has 1 aliphatic rings. The van der Waals surface area contributed by atoms with Crippen molar-refractivity contribution < 1.29 is 9.90 Å². The Kier molecular flexibility index (Phi) is 3.59. The van der Waals surface area contributed by atoms with Crippen LogP contribution in [0.1, 0.15) is 30.1 Å². The van der Waals surface area contributed by atoms with Gasteiger partial charge in [-0.1, -0.05) is 49.2 Å². The van der Waals surface area contributed by atoms with Crippen molar-refractivity contribution >= 4 is 28.3 Å². The summed E-state index contributed by atoms with van der Waals surface area (Å²) in [6, 6.07) is 7.46. The van der Waals surface area contributed by atoms with Gasteiger partial charge < -0.3 is 10.0 Å². The third kappa shape index (κ3) is 2.49. The van der Waals surface area contributed by atoms with Crippen LogP contribution in [0.25, 0.3) is 10.8 Å². The average molecular weight is 305 g/mol. The number of halogens is 1. The van der Waals surface area contributed by atoms with Gasteiger partial charge >= 0.3 is 0 Å². The number of aromatic nitrogens is 1. The first-order chi connectivity index (χ1) is 10.0. The van der Waals surface area contributed by atoms with Crippen molar-refractivity contribution in [3.8, 4) is 0 Å². The number of β-amino-alcohol motifs (C(OH)–C–C–N with tert-alkyl or cyclic N) is 1. The number of rotatable bonds is 3. The molecule has 0 radical (unpaired) electrons. The molecule has 1 aromatic heterocycles. The Morgan fingerprint density at radius 1 is 1.38 bits per heavy atom. The molecule has 3 rings (SSSR count).